The topological polar surface area (TPSA) is 78.9 Å². The minimum atomic E-state index is -0.129. The second-order valence-corrected chi connectivity index (χ2v) is 5.73. The number of aryl methyl sites for hydroxylation is 1. The Morgan fingerprint density at radius 3 is 2.50 bits per heavy atom. The van der Waals surface area contributed by atoms with Crippen LogP contribution in [0.15, 0.2) is 0 Å². The molecule has 1 aromatic rings. The number of hydrogen-bond acceptors (Lipinski definition) is 5. The maximum atomic E-state index is 7.59. The van der Waals surface area contributed by atoms with Gasteiger partial charge in [0.05, 0.1) is 5.84 Å². The molecule has 0 radical (unpaired) electrons. The molecular weight excluding hydrogens is 222 g/mol. The first-order valence-electron chi connectivity index (χ1n) is 5.41. The number of nitrogens with zero attached hydrogens (tertiary/aromatic N) is 3. The summed E-state index contributed by atoms with van der Waals surface area (Å²) < 4.78 is 0. The highest BCUT2D eigenvalue weighted by Gasteiger charge is 2.33. The predicted molar refractivity (Wildman–Crippen MR) is 66.1 cm³/mol. The van der Waals surface area contributed by atoms with Crippen LogP contribution in [0.5, 0.6) is 0 Å². The van der Waals surface area contributed by atoms with Gasteiger partial charge in [-0.2, -0.15) is 0 Å². The van der Waals surface area contributed by atoms with Crippen molar-refractivity contribution in [1.29, 1.82) is 5.41 Å². The fourth-order valence-corrected chi connectivity index (χ4v) is 2.61. The van der Waals surface area contributed by atoms with Gasteiger partial charge in [-0.1, -0.05) is 18.3 Å². The van der Waals surface area contributed by atoms with Gasteiger partial charge in [0.2, 0.25) is 5.13 Å². The van der Waals surface area contributed by atoms with Crippen LogP contribution in [0.4, 0.5) is 5.13 Å². The van der Waals surface area contributed by atoms with Crippen molar-refractivity contribution in [3.8, 4) is 0 Å². The smallest absolute Gasteiger partial charge is 0.208 e. The molecule has 3 N–H and O–H groups in total. The summed E-state index contributed by atoms with van der Waals surface area (Å²) in [5, 5.41) is 17.7. The van der Waals surface area contributed by atoms with E-state index in [4.69, 9.17) is 11.1 Å². The molecule has 88 valence electrons. The van der Waals surface area contributed by atoms with Gasteiger partial charge in [-0.05, 0) is 19.8 Å². The van der Waals surface area contributed by atoms with Gasteiger partial charge in [-0.3, -0.25) is 5.41 Å². The maximum Gasteiger partial charge on any atom is 0.208 e. The number of rotatable bonds is 2. The molecular formula is C10H17N5S. The lowest BCUT2D eigenvalue weighted by Crippen LogP contribution is -2.45. The highest BCUT2D eigenvalue weighted by Crippen LogP contribution is 2.33. The van der Waals surface area contributed by atoms with Crippen molar-refractivity contribution in [2.24, 2.45) is 11.1 Å². The van der Waals surface area contributed by atoms with Gasteiger partial charge < -0.3 is 10.6 Å². The zero-order valence-corrected chi connectivity index (χ0v) is 10.5. The Hall–Kier alpha value is -1.17. The van der Waals surface area contributed by atoms with Crippen molar-refractivity contribution < 1.29 is 0 Å². The molecule has 2 heterocycles. The largest absolute Gasteiger partial charge is 0.387 e. The lowest BCUT2D eigenvalue weighted by atomic mass is 9.79. The van der Waals surface area contributed by atoms with E-state index in [9.17, 15) is 0 Å². The first kappa shape index (κ1) is 11.3. The van der Waals surface area contributed by atoms with Crippen LogP contribution in [-0.4, -0.2) is 29.1 Å². The van der Waals surface area contributed by atoms with Crippen molar-refractivity contribution in [3.63, 3.8) is 0 Å². The van der Waals surface area contributed by atoms with E-state index in [1.165, 1.54) is 0 Å². The third-order valence-corrected chi connectivity index (χ3v) is 4.20. The molecule has 0 atom stereocenters. The standard InChI is InChI=1S/C10H17N5S/c1-7-13-14-9(16-7)15-5-3-10(2,4-6-15)8(11)12/h3-6H2,1-2H3,(H3,11,12). The molecule has 0 saturated carbocycles. The van der Waals surface area contributed by atoms with Gasteiger partial charge >= 0.3 is 0 Å². The summed E-state index contributed by atoms with van der Waals surface area (Å²) in [6, 6.07) is 0. The van der Waals surface area contributed by atoms with E-state index in [1.807, 2.05) is 6.92 Å². The van der Waals surface area contributed by atoms with Gasteiger partial charge in [0, 0.05) is 18.5 Å². The summed E-state index contributed by atoms with van der Waals surface area (Å²) in [5.41, 5.74) is 5.50. The Kier molecular flexibility index (Phi) is 2.84. The van der Waals surface area contributed by atoms with Crippen LogP contribution >= 0.6 is 11.3 Å². The number of piperidine rings is 1. The van der Waals surface area contributed by atoms with Gasteiger partial charge in [0.15, 0.2) is 0 Å². The van der Waals surface area contributed by atoms with Crippen LogP contribution in [0.1, 0.15) is 24.8 Å². The first-order valence-corrected chi connectivity index (χ1v) is 6.22. The van der Waals surface area contributed by atoms with Gasteiger partial charge in [0.1, 0.15) is 5.01 Å². The summed E-state index contributed by atoms with van der Waals surface area (Å²) in [6.07, 6.45) is 1.84. The van der Waals surface area contributed by atoms with E-state index in [0.29, 0.717) is 5.84 Å². The average Bonchev–Trinajstić information content (AvgIpc) is 2.66. The molecule has 5 nitrogen and oxygen atoms in total. The van der Waals surface area contributed by atoms with Crippen molar-refractivity contribution in [1.82, 2.24) is 10.2 Å². The maximum absolute atomic E-state index is 7.59. The number of aromatic nitrogens is 2. The number of hydrogen-bond donors (Lipinski definition) is 2. The fourth-order valence-electron chi connectivity index (χ4n) is 1.87. The third kappa shape index (κ3) is 2.02. The van der Waals surface area contributed by atoms with Crippen molar-refractivity contribution in [2.45, 2.75) is 26.7 Å². The van der Waals surface area contributed by atoms with Crippen LogP contribution in [-0.2, 0) is 0 Å². The quantitative estimate of drug-likeness (QED) is 0.604. The fraction of sp³-hybridized carbons (Fsp3) is 0.700. The molecule has 1 aliphatic heterocycles. The molecule has 1 saturated heterocycles. The number of nitrogens with two attached hydrogens (primary N) is 1. The van der Waals surface area contributed by atoms with Crippen LogP contribution in [0, 0.1) is 17.7 Å². The highest BCUT2D eigenvalue weighted by atomic mass is 32.1. The van der Waals surface area contributed by atoms with Gasteiger partial charge in [0.25, 0.3) is 0 Å². The molecule has 0 aromatic carbocycles. The van der Waals surface area contributed by atoms with Crippen molar-refractivity contribution in [2.75, 3.05) is 18.0 Å². The van der Waals surface area contributed by atoms with Gasteiger partial charge in [-0.15, -0.1) is 10.2 Å². The second-order valence-electron chi connectivity index (χ2n) is 4.57. The molecule has 2 rings (SSSR count). The number of nitrogens with one attached hydrogen (secondary N) is 1. The first-order chi connectivity index (χ1) is 7.51. The van der Waals surface area contributed by atoms with E-state index in [2.05, 4.69) is 22.0 Å². The number of anilines is 1. The summed E-state index contributed by atoms with van der Waals surface area (Å²) in [7, 11) is 0. The normalized spacial score (nSPS) is 19.8. The summed E-state index contributed by atoms with van der Waals surface area (Å²) in [4.78, 5) is 2.23. The van der Waals surface area contributed by atoms with Crippen LogP contribution < -0.4 is 10.6 Å². The molecule has 1 fully saturated rings. The highest BCUT2D eigenvalue weighted by molar-refractivity contribution is 7.15. The van der Waals surface area contributed by atoms with Crippen molar-refractivity contribution in [3.05, 3.63) is 5.01 Å². The Morgan fingerprint density at radius 2 is 2.06 bits per heavy atom. The van der Waals surface area contributed by atoms with Crippen molar-refractivity contribution >= 4 is 22.3 Å². The second kappa shape index (κ2) is 4.01. The van der Waals surface area contributed by atoms with Gasteiger partial charge in [-0.25, -0.2) is 0 Å². The zero-order valence-electron chi connectivity index (χ0n) is 9.66. The average molecular weight is 239 g/mol. The van der Waals surface area contributed by atoms with E-state index in [-0.39, 0.29) is 5.41 Å². The molecule has 16 heavy (non-hydrogen) atoms. The summed E-state index contributed by atoms with van der Waals surface area (Å²) in [6.45, 7) is 5.85. The molecule has 0 spiro atoms. The minimum Gasteiger partial charge on any atom is -0.387 e. The minimum absolute atomic E-state index is 0.129. The zero-order chi connectivity index (χ0) is 11.8. The Morgan fingerprint density at radius 1 is 1.44 bits per heavy atom. The molecule has 1 aliphatic rings. The Labute approximate surface area is 99.2 Å². The predicted octanol–water partition coefficient (Wildman–Crippen LogP) is 1.39. The SMILES string of the molecule is Cc1nnc(N2CCC(C)(C(=N)N)CC2)s1. The van der Waals surface area contributed by atoms with E-state index in [1.54, 1.807) is 11.3 Å². The van der Waals surface area contributed by atoms with E-state index in [0.717, 1.165) is 36.1 Å². The van der Waals surface area contributed by atoms with E-state index >= 15 is 0 Å². The van der Waals surface area contributed by atoms with Crippen LogP contribution in [0.25, 0.3) is 0 Å². The Bertz CT molecular complexity index is 392. The Balaban J connectivity index is 2.03. The molecule has 0 unspecified atom stereocenters. The molecule has 0 aliphatic carbocycles. The summed E-state index contributed by atoms with van der Waals surface area (Å²) in [5.74, 6) is 0.306. The van der Waals surface area contributed by atoms with Crippen LogP contribution in [0.3, 0.4) is 0 Å². The third-order valence-electron chi connectivity index (χ3n) is 3.30. The lowest BCUT2D eigenvalue weighted by Gasteiger charge is -2.38. The monoisotopic (exact) mass is 239 g/mol. The molecule has 6 heteroatoms. The molecule has 0 amide bonds. The van der Waals surface area contributed by atoms with E-state index < -0.39 is 0 Å². The molecule has 0 bridgehead atoms. The van der Waals surface area contributed by atoms with Crippen LogP contribution in [0.2, 0.25) is 0 Å². The summed E-state index contributed by atoms with van der Waals surface area (Å²) >= 11 is 1.62. The molecule has 1 aromatic heterocycles. The lowest BCUT2D eigenvalue weighted by molar-refractivity contribution is 0.350. The number of amidine groups is 1.